The van der Waals surface area contributed by atoms with E-state index in [2.05, 4.69) is 9.88 Å². The molecule has 1 N–H and O–H groups in total. The molecule has 5 rings (SSSR count). The summed E-state index contributed by atoms with van der Waals surface area (Å²) in [5.74, 6) is 0.387. The highest BCUT2D eigenvalue weighted by Gasteiger charge is 2.40. The topological polar surface area (TPSA) is 94.0 Å². The molecule has 224 valence electrons. The van der Waals surface area contributed by atoms with Crippen LogP contribution in [0.3, 0.4) is 0 Å². The van der Waals surface area contributed by atoms with Crippen LogP contribution < -0.4 is 9.64 Å². The second kappa shape index (κ2) is 12.7. The quantitative estimate of drug-likeness (QED) is 0.357. The highest BCUT2D eigenvalue weighted by atomic mass is 16.5. The highest BCUT2D eigenvalue weighted by molar-refractivity contribution is 5.85. The van der Waals surface area contributed by atoms with Gasteiger partial charge in [0.2, 0.25) is 0 Å². The molecular weight excluding hydrogens is 518 g/mol. The van der Waals surface area contributed by atoms with Crippen molar-refractivity contribution in [1.82, 2.24) is 9.97 Å². The van der Waals surface area contributed by atoms with Crippen LogP contribution in [0.15, 0.2) is 24.5 Å². The van der Waals surface area contributed by atoms with Gasteiger partial charge >= 0.3 is 5.97 Å². The summed E-state index contributed by atoms with van der Waals surface area (Å²) in [5.41, 5.74) is 3.59. The number of nitrogens with zero attached hydrogens (tertiary/aromatic N) is 3. The zero-order valence-corrected chi connectivity index (χ0v) is 25.3. The van der Waals surface area contributed by atoms with Gasteiger partial charge in [-0.15, -0.1) is 0 Å². The van der Waals surface area contributed by atoms with Gasteiger partial charge in [0.05, 0.1) is 29.8 Å². The van der Waals surface area contributed by atoms with E-state index in [9.17, 15) is 9.90 Å². The van der Waals surface area contributed by atoms with Crippen molar-refractivity contribution in [3.8, 4) is 17.0 Å². The summed E-state index contributed by atoms with van der Waals surface area (Å²) < 4.78 is 17.7. The van der Waals surface area contributed by atoms with Crippen LogP contribution in [0, 0.1) is 18.3 Å². The Labute approximate surface area is 244 Å². The fourth-order valence-corrected chi connectivity index (χ4v) is 6.87. The smallest absolute Gasteiger partial charge is 0.337 e. The lowest BCUT2D eigenvalue weighted by atomic mass is 9.76. The van der Waals surface area contributed by atoms with Crippen molar-refractivity contribution in [3.63, 3.8) is 0 Å². The van der Waals surface area contributed by atoms with Crippen LogP contribution in [-0.4, -0.2) is 59.6 Å². The van der Waals surface area contributed by atoms with Crippen LogP contribution in [-0.2, 0) is 14.3 Å². The Bertz CT molecular complexity index is 1170. The maximum Gasteiger partial charge on any atom is 0.337 e. The molecule has 1 saturated carbocycles. The van der Waals surface area contributed by atoms with Gasteiger partial charge in [-0.25, -0.2) is 4.79 Å². The first kappa shape index (κ1) is 29.8. The summed E-state index contributed by atoms with van der Waals surface area (Å²) in [4.78, 5) is 24.5. The van der Waals surface area contributed by atoms with Gasteiger partial charge in [-0.1, -0.05) is 12.8 Å². The SMILES string of the molecule is Cc1ncc(-c2ccc(OCCC3CCOCC3)cn2)c(N2CCC3(CCCC3)CC2)c1[C@H](OC(C)(C)C)C(=O)O. The van der Waals surface area contributed by atoms with E-state index in [0.29, 0.717) is 29.2 Å². The number of carboxylic acid groups (broad SMARTS) is 1. The van der Waals surface area contributed by atoms with Gasteiger partial charge in [0.1, 0.15) is 5.75 Å². The average Bonchev–Trinajstić information content (AvgIpc) is 3.40. The van der Waals surface area contributed by atoms with Crippen molar-refractivity contribution in [2.24, 2.45) is 11.3 Å². The van der Waals surface area contributed by atoms with Crippen LogP contribution >= 0.6 is 0 Å². The van der Waals surface area contributed by atoms with E-state index in [4.69, 9.17) is 19.2 Å². The zero-order valence-electron chi connectivity index (χ0n) is 25.3. The largest absolute Gasteiger partial charge is 0.492 e. The number of pyridine rings is 2. The van der Waals surface area contributed by atoms with Gasteiger partial charge in [0.15, 0.2) is 6.10 Å². The van der Waals surface area contributed by atoms with E-state index in [1.54, 1.807) is 6.20 Å². The van der Waals surface area contributed by atoms with Crippen molar-refractivity contribution in [2.75, 3.05) is 37.8 Å². The molecule has 2 saturated heterocycles. The van der Waals surface area contributed by atoms with Crippen LogP contribution in [0.25, 0.3) is 11.3 Å². The Hall–Kier alpha value is -2.71. The van der Waals surface area contributed by atoms with Gasteiger partial charge < -0.3 is 24.2 Å². The number of ether oxygens (including phenoxy) is 3. The molecule has 3 aliphatic rings. The molecule has 3 fully saturated rings. The second-order valence-corrected chi connectivity index (χ2v) is 13.2. The fraction of sp³-hybridized carbons (Fsp3) is 0.667. The Balaban J connectivity index is 1.44. The Morgan fingerprint density at radius 2 is 1.80 bits per heavy atom. The Morgan fingerprint density at radius 3 is 2.41 bits per heavy atom. The summed E-state index contributed by atoms with van der Waals surface area (Å²) >= 11 is 0. The van der Waals surface area contributed by atoms with Crippen LogP contribution in [0.5, 0.6) is 5.75 Å². The zero-order chi connectivity index (χ0) is 29.0. The molecule has 1 atom stereocenters. The number of hydrogen-bond acceptors (Lipinski definition) is 7. The van der Waals surface area contributed by atoms with Gasteiger partial charge in [-0.3, -0.25) is 9.97 Å². The Morgan fingerprint density at radius 1 is 1.10 bits per heavy atom. The van der Waals surface area contributed by atoms with E-state index in [0.717, 1.165) is 81.1 Å². The molecule has 0 unspecified atom stereocenters. The van der Waals surface area contributed by atoms with Crippen molar-refractivity contribution in [2.45, 2.75) is 97.2 Å². The van der Waals surface area contributed by atoms with Crippen LogP contribution in [0.1, 0.15) is 95.9 Å². The fourth-order valence-electron chi connectivity index (χ4n) is 6.87. The molecule has 1 aliphatic carbocycles. The van der Waals surface area contributed by atoms with Gasteiger partial charge in [-0.2, -0.15) is 0 Å². The summed E-state index contributed by atoms with van der Waals surface area (Å²) in [6, 6.07) is 3.92. The summed E-state index contributed by atoms with van der Waals surface area (Å²) in [6.07, 6.45) is 13.2. The number of aliphatic carboxylic acids is 1. The lowest BCUT2D eigenvalue weighted by molar-refractivity contribution is -0.160. The Kier molecular flexibility index (Phi) is 9.19. The maximum absolute atomic E-state index is 12.7. The number of anilines is 1. The summed E-state index contributed by atoms with van der Waals surface area (Å²) in [7, 11) is 0. The minimum absolute atomic E-state index is 0.439. The van der Waals surface area contributed by atoms with E-state index in [-0.39, 0.29) is 0 Å². The van der Waals surface area contributed by atoms with E-state index < -0.39 is 17.7 Å². The third kappa shape index (κ3) is 7.20. The van der Waals surface area contributed by atoms with Crippen LogP contribution in [0.4, 0.5) is 5.69 Å². The standard InChI is InChI=1S/C33H47N3O5/c1-23-28(30(31(37)38)41-32(2,3)4)29(36-16-14-33(15-17-36)12-5-6-13-33)26(22-34-23)27-8-7-25(21-35-27)40-20-11-24-9-18-39-19-10-24/h7-8,21-22,24,30H,5-6,9-20H2,1-4H3,(H,37,38)/t30-/m0/s1. The first-order valence-corrected chi connectivity index (χ1v) is 15.5. The molecule has 0 radical (unpaired) electrons. The van der Waals surface area contributed by atoms with Crippen LogP contribution in [0.2, 0.25) is 0 Å². The van der Waals surface area contributed by atoms with Gasteiger partial charge in [-0.05, 0) is 96.1 Å². The number of rotatable bonds is 9. The molecular formula is C33H47N3O5. The van der Waals surface area contributed by atoms with Crippen molar-refractivity contribution >= 4 is 11.7 Å². The van der Waals surface area contributed by atoms with Crippen molar-refractivity contribution in [1.29, 1.82) is 0 Å². The predicted octanol–water partition coefficient (Wildman–Crippen LogP) is 6.75. The number of carboxylic acids is 1. The normalized spacial score (nSPS) is 20.3. The molecule has 2 aromatic heterocycles. The number of piperidine rings is 1. The summed E-state index contributed by atoms with van der Waals surface area (Å²) in [5, 5.41) is 10.4. The van der Waals surface area contributed by atoms with E-state index >= 15 is 0 Å². The van der Waals surface area contributed by atoms with E-state index in [1.807, 2.05) is 46.0 Å². The van der Waals surface area contributed by atoms with E-state index in [1.165, 1.54) is 25.7 Å². The summed E-state index contributed by atoms with van der Waals surface area (Å²) in [6.45, 7) is 11.7. The number of aromatic nitrogens is 2. The number of hydrogen-bond donors (Lipinski definition) is 1. The third-order valence-electron chi connectivity index (χ3n) is 9.20. The highest BCUT2D eigenvalue weighted by Crippen LogP contribution is 2.49. The average molecular weight is 566 g/mol. The maximum atomic E-state index is 12.7. The van der Waals surface area contributed by atoms with Crippen molar-refractivity contribution in [3.05, 3.63) is 35.8 Å². The molecule has 0 aromatic carbocycles. The monoisotopic (exact) mass is 565 g/mol. The molecule has 8 heteroatoms. The molecule has 4 heterocycles. The minimum atomic E-state index is -1.13. The third-order valence-corrected chi connectivity index (χ3v) is 9.20. The molecule has 2 aliphatic heterocycles. The molecule has 41 heavy (non-hydrogen) atoms. The molecule has 1 spiro atoms. The first-order chi connectivity index (χ1) is 19.6. The van der Waals surface area contributed by atoms with Gasteiger partial charge in [0.25, 0.3) is 0 Å². The van der Waals surface area contributed by atoms with Gasteiger partial charge in [0, 0.05) is 49.3 Å². The second-order valence-electron chi connectivity index (χ2n) is 13.2. The minimum Gasteiger partial charge on any atom is -0.492 e. The molecule has 0 bridgehead atoms. The lowest BCUT2D eigenvalue weighted by Gasteiger charge is -2.42. The first-order valence-electron chi connectivity index (χ1n) is 15.5. The molecule has 0 amide bonds. The van der Waals surface area contributed by atoms with Crippen molar-refractivity contribution < 1.29 is 24.1 Å². The predicted molar refractivity (Wildman–Crippen MR) is 159 cm³/mol. The lowest BCUT2D eigenvalue weighted by Crippen LogP contribution is -2.40. The number of aryl methyl sites for hydroxylation is 1. The number of carbonyl (C=O) groups is 1. The molecule has 2 aromatic rings. The molecule has 8 nitrogen and oxygen atoms in total.